The van der Waals surface area contributed by atoms with Crippen LogP contribution in [0.2, 0.25) is 5.02 Å². The summed E-state index contributed by atoms with van der Waals surface area (Å²) in [4.78, 5) is 7.14. The number of hydrogen-bond acceptors (Lipinski definition) is 2. The zero-order chi connectivity index (χ0) is 11.5. The molecular formula is C12H12ClN3. The van der Waals surface area contributed by atoms with Crippen molar-refractivity contribution >= 4 is 17.2 Å². The lowest BCUT2D eigenvalue weighted by Gasteiger charge is -2.08. The van der Waals surface area contributed by atoms with E-state index in [9.17, 15) is 0 Å². The van der Waals surface area contributed by atoms with Crippen LogP contribution in [0, 0.1) is 0 Å². The second kappa shape index (κ2) is 4.51. The molecule has 0 saturated carbocycles. The van der Waals surface area contributed by atoms with E-state index in [0.29, 0.717) is 11.6 Å². The van der Waals surface area contributed by atoms with Gasteiger partial charge in [-0.15, -0.1) is 0 Å². The van der Waals surface area contributed by atoms with Crippen molar-refractivity contribution in [3.8, 4) is 0 Å². The third kappa shape index (κ3) is 1.87. The second-order valence-corrected chi connectivity index (χ2v) is 3.78. The Hall–Kier alpha value is -1.58. The normalized spacial score (nSPS) is 10.4. The Morgan fingerprint density at radius 1 is 1.50 bits per heavy atom. The molecule has 3 nitrogen and oxygen atoms in total. The van der Waals surface area contributed by atoms with Crippen LogP contribution >= 0.6 is 11.6 Å². The SMILES string of the molecule is C=C(c1ncc[nH]1)c1cccc(CN)c1Cl. The Labute approximate surface area is 99.0 Å². The summed E-state index contributed by atoms with van der Waals surface area (Å²) in [5.74, 6) is 0.719. The second-order valence-electron chi connectivity index (χ2n) is 3.40. The molecule has 0 radical (unpaired) electrons. The van der Waals surface area contributed by atoms with E-state index < -0.39 is 0 Å². The van der Waals surface area contributed by atoms with E-state index >= 15 is 0 Å². The number of imidazole rings is 1. The number of aromatic amines is 1. The lowest BCUT2D eigenvalue weighted by Crippen LogP contribution is -1.99. The highest BCUT2D eigenvalue weighted by Gasteiger charge is 2.10. The van der Waals surface area contributed by atoms with Gasteiger partial charge < -0.3 is 10.7 Å². The van der Waals surface area contributed by atoms with Gasteiger partial charge in [0, 0.05) is 30.1 Å². The van der Waals surface area contributed by atoms with Crippen molar-refractivity contribution in [2.24, 2.45) is 5.73 Å². The molecule has 3 N–H and O–H groups in total. The molecule has 2 aromatic rings. The summed E-state index contributed by atoms with van der Waals surface area (Å²) in [7, 11) is 0. The fourth-order valence-corrected chi connectivity index (χ4v) is 1.85. The van der Waals surface area contributed by atoms with E-state index in [1.807, 2.05) is 18.2 Å². The first kappa shape index (κ1) is 10.9. The molecule has 16 heavy (non-hydrogen) atoms. The van der Waals surface area contributed by atoms with Gasteiger partial charge in [0.1, 0.15) is 5.82 Å². The van der Waals surface area contributed by atoms with Crippen molar-refractivity contribution in [1.82, 2.24) is 9.97 Å². The largest absolute Gasteiger partial charge is 0.345 e. The van der Waals surface area contributed by atoms with Crippen molar-refractivity contribution < 1.29 is 0 Å². The topological polar surface area (TPSA) is 54.7 Å². The predicted molar refractivity (Wildman–Crippen MR) is 66.1 cm³/mol. The van der Waals surface area contributed by atoms with Crippen LogP contribution in [0.3, 0.4) is 0 Å². The van der Waals surface area contributed by atoms with Gasteiger partial charge in [0.2, 0.25) is 0 Å². The molecule has 0 atom stereocenters. The summed E-state index contributed by atoms with van der Waals surface area (Å²) in [5.41, 5.74) is 8.14. The monoisotopic (exact) mass is 233 g/mol. The Kier molecular flexibility index (Phi) is 3.08. The fourth-order valence-electron chi connectivity index (χ4n) is 1.53. The smallest absolute Gasteiger partial charge is 0.137 e. The first-order valence-corrected chi connectivity index (χ1v) is 5.28. The summed E-state index contributed by atoms with van der Waals surface area (Å²) in [5, 5.41) is 0.645. The van der Waals surface area contributed by atoms with Gasteiger partial charge in [0.25, 0.3) is 0 Å². The van der Waals surface area contributed by atoms with Gasteiger partial charge in [0.05, 0.1) is 5.02 Å². The van der Waals surface area contributed by atoms with Crippen molar-refractivity contribution in [1.29, 1.82) is 0 Å². The van der Waals surface area contributed by atoms with Gasteiger partial charge in [-0.05, 0) is 5.56 Å². The average molecular weight is 234 g/mol. The highest BCUT2D eigenvalue weighted by Crippen LogP contribution is 2.28. The van der Waals surface area contributed by atoms with Gasteiger partial charge in [-0.3, -0.25) is 0 Å². The third-order valence-corrected chi connectivity index (χ3v) is 2.85. The fraction of sp³-hybridized carbons (Fsp3) is 0.0833. The summed E-state index contributed by atoms with van der Waals surface area (Å²) >= 11 is 6.24. The number of H-pyrrole nitrogens is 1. The summed E-state index contributed by atoms with van der Waals surface area (Å²) in [6, 6.07) is 5.73. The minimum Gasteiger partial charge on any atom is -0.345 e. The minimum atomic E-state index is 0.415. The number of nitrogens with two attached hydrogens (primary N) is 1. The molecule has 0 spiro atoms. The molecule has 0 aliphatic carbocycles. The molecule has 1 aromatic heterocycles. The Morgan fingerprint density at radius 3 is 2.94 bits per heavy atom. The van der Waals surface area contributed by atoms with Crippen molar-refractivity contribution in [3.63, 3.8) is 0 Å². The summed E-state index contributed by atoms with van der Waals surface area (Å²) in [6.07, 6.45) is 3.43. The minimum absolute atomic E-state index is 0.415. The number of aromatic nitrogens is 2. The van der Waals surface area contributed by atoms with Crippen LogP contribution < -0.4 is 5.73 Å². The van der Waals surface area contributed by atoms with E-state index in [-0.39, 0.29) is 0 Å². The third-order valence-electron chi connectivity index (χ3n) is 2.41. The molecule has 0 amide bonds. The van der Waals surface area contributed by atoms with Gasteiger partial charge in [-0.25, -0.2) is 4.98 Å². The maximum atomic E-state index is 6.24. The summed E-state index contributed by atoms with van der Waals surface area (Å²) in [6.45, 7) is 4.40. The quantitative estimate of drug-likeness (QED) is 0.856. The highest BCUT2D eigenvalue weighted by atomic mass is 35.5. The molecule has 1 heterocycles. The van der Waals surface area contributed by atoms with Crippen LogP contribution in [0.4, 0.5) is 0 Å². The van der Waals surface area contributed by atoms with Gasteiger partial charge in [0.15, 0.2) is 0 Å². The molecule has 0 unspecified atom stereocenters. The Morgan fingerprint density at radius 2 is 2.31 bits per heavy atom. The van der Waals surface area contributed by atoms with Crippen molar-refractivity contribution in [2.75, 3.05) is 0 Å². The molecule has 1 aromatic carbocycles. The Balaban J connectivity index is 2.45. The first-order valence-electron chi connectivity index (χ1n) is 4.90. The van der Waals surface area contributed by atoms with Crippen LogP contribution in [0.25, 0.3) is 5.57 Å². The van der Waals surface area contributed by atoms with Crippen LogP contribution in [-0.2, 0) is 6.54 Å². The predicted octanol–water partition coefficient (Wildman–Crippen LogP) is 2.58. The van der Waals surface area contributed by atoms with Gasteiger partial charge in [-0.1, -0.05) is 36.4 Å². The Bertz CT molecular complexity index is 503. The van der Waals surface area contributed by atoms with E-state index in [1.54, 1.807) is 12.4 Å². The molecule has 82 valence electrons. The van der Waals surface area contributed by atoms with Crippen LogP contribution in [0.1, 0.15) is 17.0 Å². The molecule has 0 fully saturated rings. The number of benzene rings is 1. The van der Waals surface area contributed by atoms with Crippen molar-refractivity contribution in [3.05, 3.63) is 59.1 Å². The molecule has 0 aliphatic heterocycles. The zero-order valence-electron chi connectivity index (χ0n) is 8.70. The van der Waals surface area contributed by atoms with E-state index in [2.05, 4.69) is 16.5 Å². The van der Waals surface area contributed by atoms with E-state index in [4.69, 9.17) is 17.3 Å². The average Bonchev–Trinajstić information content (AvgIpc) is 2.82. The molecule has 0 bridgehead atoms. The number of rotatable bonds is 3. The van der Waals surface area contributed by atoms with Gasteiger partial charge in [-0.2, -0.15) is 0 Å². The lowest BCUT2D eigenvalue weighted by atomic mass is 10.0. The molecule has 2 rings (SSSR count). The number of hydrogen-bond donors (Lipinski definition) is 2. The maximum Gasteiger partial charge on any atom is 0.137 e. The van der Waals surface area contributed by atoms with E-state index in [0.717, 1.165) is 22.5 Å². The van der Waals surface area contributed by atoms with Crippen LogP contribution in [-0.4, -0.2) is 9.97 Å². The number of nitrogens with zero attached hydrogens (tertiary/aromatic N) is 1. The first-order chi connectivity index (χ1) is 7.74. The molecule has 0 aliphatic rings. The standard InChI is InChI=1S/C12H12ClN3/c1-8(12-15-5-6-16-12)10-4-2-3-9(7-14)11(10)13/h2-6H,1,7,14H2,(H,15,16). The van der Waals surface area contributed by atoms with E-state index in [1.165, 1.54) is 0 Å². The van der Waals surface area contributed by atoms with Gasteiger partial charge >= 0.3 is 0 Å². The highest BCUT2D eigenvalue weighted by molar-refractivity contribution is 6.33. The maximum absolute atomic E-state index is 6.24. The summed E-state index contributed by atoms with van der Waals surface area (Å²) < 4.78 is 0. The lowest BCUT2D eigenvalue weighted by molar-refractivity contribution is 1.07. The van der Waals surface area contributed by atoms with Crippen molar-refractivity contribution in [2.45, 2.75) is 6.54 Å². The molecular weight excluding hydrogens is 222 g/mol. The van der Waals surface area contributed by atoms with Crippen LogP contribution in [0.15, 0.2) is 37.2 Å². The van der Waals surface area contributed by atoms with Crippen LogP contribution in [0.5, 0.6) is 0 Å². The molecule has 4 heteroatoms. The number of nitrogens with one attached hydrogen (secondary N) is 1. The molecule has 0 saturated heterocycles. The number of halogens is 1. The zero-order valence-corrected chi connectivity index (χ0v) is 9.46.